The van der Waals surface area contributed by atoms with Crippen LogP contribution in [0, 0.1) is 11.3 Å². The zero-order valence-electron chi connectivity index (χ0n) is 4.33. The van der Waals surface area contributed by atoms with E-state index >= 15 is 0 Å². The van der Waals surface area contributed by atoms with Crippen LogP contribution in [0.5, 0.6) is 0 Å². The molecule has 0 aliphatic heterocycles. The average molecular weight is 111 g/mol. The molecule has 0 aromatic heterocycles. The molecular formula is C4H6BNO2. The molecule has 0 spiro atoms. The molecule has 1 rings (SSSR count). The standard InChI is InChI=1S/C4H6BNO2/c6-3-4(1-2-4)5(7)8/h7-8H,1-2H2. The maximum absolute atomic E-state index is 8.48. The highest BCUT2D eigenvalue weighted by atomic mass is 16.4. The van der Waals surface area contributed by atoms with Gasteiger partial charge >= 0.3 is 7.12 Å². The van der Waals surface area contributed by atoms with Gasteiger partial charge in [-0.1, -0.05) is 0 Å². The van der Waals surface area contributed by atoms with Crippen LogP contribution < -0.4 is 0 Å². The van der Waals surface area contributed by atoms with E-state index in [1.165, 1.54) is 0 Å². The molecule has 42 valence electrons. The lowest BCUT2D eigenvalue weighted by Crippen LogP contribution is -2.19. The van der Waals surface area contributed by atoms with Crippen LogP contribution in [0.4, 0.5) is 0 Å². The molecule has 1 aliphatic carbocycles. The van der Waals surface area contributed by atoms with Crippen molar-refractivity contribution in [2.45, 2.75) is 18.2 Å². The Bertz CT molecular complexity index is 135. The number of hydrogen-bond acceptors (Lipinski definition) is 3. The average Bonchev–Trinajstić information content (AvgIpc) is 2.44. The monoisotopic (exact) mass is 111 g/mol. The fourth-order valence-corrected chi connectivity index (χ4v) is 0.562. The van der Waals surface area contributed by atoms with Crippen molar-refractivity contribution < 1.29 is 10.0 Å². The van der Waals surface area contributed by atoms with Crippen LogP contribution in [-0.2, 0) is 0 Å². The van der Waals surface area contributed by atoms with E-state index in [1.807, 2.05) is 6.07 Å². The molecule has 0 unspecified atom stereocenters. The van der Waals surface area contributed by atoms with Crippen molar-refractivity contribution in [1.82, 2.24) is 0 Å². The van der Waals surface area contributed by atoms with Gasteiger partial charge in [-0.05, 0) is 12.8 Å². The molecule has 1 fully saturated rings. The minimum absolute atomic E-state index is 0.626. The predicted molar refractivity (Wildman–Crippen MR) is 27.7 cm³/mol. The molecule has 0 saturated heterocycles. The van der Waals surface area contributed by atoms with E-state index in [0.29, 0.717) is 12.8 Å². The maximum Gasteiger partial charge on any atom is 0.473 e. The second-order valence-corrected chi connectivity index (χ2v) is 2.14. The molecule has 0 aromatic carbocycles. The lowest BCUT2D eigenvalue weighted by Gasteiger charge is -1.98. The minimum atomic E-state index is -1.44. The fraction of sp³-hybridized carbons (Fsp3) is 0.750. The van der Waals surface area contributed by atoms with Gasteiger partial charge < -0.3 is 10.0 Å². The van der Waals surface area contributed by atoms with Gasteiger partial charge in [0.15, 0.2) is 0 Å². The van der Waals surface area contributed by atoms with Crippen LogP contribution in [-0.4, -0.2) is 17.2 Å². The Morgan fingerprint density at radius 2 is 2.00 bits per heavy atom. The van der Waals surface area contributed by atoms with Crippen molar-refractivity contribution in [2.24, 2.45) is 0 Å². The Hall–Kier alpha value is -0.525. The van der Waals surface area contributed by atoms with E-state index in [-0.39, 0.29) is 0 Å². The van der Waals surface area contributed by atoms with Crippen LogP contribution in [0.2, 0.25) is 5.31 Å². The molecule has 4 heteroatoms. The third-order valence-corrected chi connectivity index (χ3v) is 1.51. The summed E-state index contributed by atoms with van der Waals surface area (Å²) in [4.78, 5) is 0. The molecular weight excluding hydrogens is 105 g/mol. The van der Waals surface area contributed by atoms with Crippen LogP contribution in [0.3, 0.4) is 0 Å². The van der Waals surface area contributed by atoms with Gasteiger partial charge in [0.05, 0.1) is 11.4 Å². The van der Waals surface area contributed by atoms with Gasteiger partial charge in [0.2, 0.25) is 0 Å². The third-order valence-electron chi connectivity index (χ3n) is 1.51. The van der Waals surface area contributed by atoms with Crippen LogP contribution in [0.25, 0.3) is 0 Å². The van der Waals surface area contributed by atoms with Gasteiger partial charge in [-0.25, -0.2) is 0 Å². The summed E-state index contributed by atoms with van der Waals surface area (Å²) in [7, 11) is -1.44. The summed E-state index contributed by atoms with van der Waals surface area (Å²) >= 11 is 0. The molecule has 2 N–H and O–H groups in total. The summed E-state index contributed by atoms with van der Waals surface area (Å²) in [6, 6.07) is 1.85. The molecule has 1 aliphatic rings. The van der Waals surface area contributed by atoms with E-state index < -0.39 is 12.4 Å². The van der Waals surface area contributed by atoms with Crippen molar-refractivity contribution in [3.8, 4) is 6.07 Å². The van der Waals surface area contributed by atoms with Crippen LogP contribution >= 0.6 is 0 Å². The van der Waals surface area contributed by atoms with Gasteiger partial charge in [0.25, 0.3) is 0 Å². The van der Waals surface area contributed by atoms with E-state index in [9.17, 15) is 0 Å². The fourth-order valence-electron chi connectivity index (χ4n) is 0.562. The van der Waals surface area contributed by atoms with Crippen molar-refractivity contribution in [3.05, 3.63) is 0 Å². The van der Waals surface area contributed by atoms with Gasteiger partial charge in [0, 0.05) is 0 Å². The summed E-state index contributed by atoms with van der Waals surface area (Å²) < 4.78 is 0. The SMILES string of the molecule is N#CC1(B(O)O)CC1. The maximum atomic E-state index is 8.48. The first-order valence-corrected chi connectivity index (χ1v) is 2.49. The van der Waals surface area contributed by atoms with Crippen molar-refractivity contribution in [1.29, 1.82) is 5.26 Å². The zero-order chi connectivity index (χ0) is 6.20. The lowest BCUT2D eigenvalue weighted by atomic mass is 9.70. The van der Waals surface area contributed by atoms with E-state index in [1.54, 1.807) is 0 Å². The summed E-state index contributed by atoms with van der Waals surface area (Å²) in [5.74, 6) is 0. The summed E-state index contributed by atoms with van der Waals surface area (Å²) in [6.07, 6.45) is 1.25. The number of hydrogen-bond donors (Lipinski definition) is 2. The quantitative estimate of drug-likeness (QED) is 0.449. The second kappa shape index (κ2) is 1.47. The Morgan fingerprint density at radius 3 is 2.00 bits per heavy atom. The second-order valence-electron chi connectivity index (χ2n) is 2.14. The molecule has 1 saturated carbocycles. The minimum Gasteiger partial charge on any atom is -0.426 e. The molecule has 3 nitrogen and oxygen atoms in total. The lowest BCUT2D eigenvalue weighted by molar-refractivity contribution is 0.392. The van der Waals surface area contributed by atoms with Crippen LogP contribution in [0.1, 0.15) is 12.8 Å². The predicted octanol–water partition coefficient (Wildman–Crippen LogP) is -0.483. The van der Waals surface area contributed by atoms with Crippen molar-refractivity contribution in [2.75, 3.05) is 0 Å². The largest absolute Gasteiger partial charge is 0.473 e. The Labute approximate surface area is 47.7 Å². The molecule has 0 heterocycles. The Morgan fingerprint density at radius 1 is 1.50 bits per heavy atom. The third kappa shape index (κ3) is 0.604. The van der Waals surface area contributed by atoms with E-state index in [0.717, 1.165) is 0 Å². The molecule has 0 amide bonds. The Balaban J connectivity index is 2.57. The zero-order valence-corrected chi connectivity index (χ0v) is 4.33. The molecule has 0 atom stereocenters. The van der Waals surface area contributed by atoms with Gasteiger partial charge in [-0.15, -0.1) is 0 Å². The first-order chi connectivity index (χ1) is 3.71. The highest BCUT2D eigenvalue weighted by molar-refractivity contribution is 6.48. The summed E-state index contributed by atoms with van der Waals surface area (Å²) in [5.41, 5.74) is 0. The van der Waals surface area contributed by atoms with Gasteiger partial charge in [-0.3, -0.25) is 0 Å². The molecule has 0 aromatic rings. The van der Waals surface area contributed by atoms with E-state index in [2.05, 4.69) is 0 Å². The highest BCUT2D eigenvalue weighted by Gasteiger charge is 2.53. The van der Waals surface area contributed by atoms with Gasteiger partial charge in [0.1, 0.15) is 0 Å². The Kier molecular flexibility index (Phi) is 1.03. The van der Waals surface area contributed by atoms with Crippen molar-refractivity contribution >= 4 is 7.12 Å². The summed E-state index contributed by atoms with van der Waals surface area (Å²) in [6.45, 7) is 0. The van der Waals surface area contributed by atoms with Crippen LogP contribution in [0.15, 0.2) is 0 Å². The number of nitrogens with zero attached hydrogens (tertiary/aromatic N) is 1. The van der Waals surface area contributed by atoms with E-state index in [4.69, 9.17) is 15.3 Å². The first kappa shape index (κ1) is 5.61. The van der Waals surface area contributed by atoms with Crippen molar-refractivity contribution in [3.63, 3.8) is 0 Å². The normalized spacial score (nSPS) is 21.6. The highest BCUT2D eigenvalue weighted by Crippen LogP contribution is 2.53. The topological polar surface area (TPSA) is 64.2 Å². The molecule has 8 heavy (non-hydrogen) atoms. The smallest absolute Gasteiger partial charge is 0.426 e. The number of nitriles is 1. The molecule has 0 bridgehead atoms. The first-order valence-electron chi connectivity index (χ1n) is 2.49. The number of rotatable bonds is 1. The van der Waals surface area contributed by atoms with Gasteiger partial charge in [-0.2, -0.15) is 5.26 Å². The molecule has 0 radical (unpaired) electrons. The summed E-state index contributed by atoms with van der Waals surface area (Å²) in [5, 5.41) is 24.4.